The van der Waals surface area contributed by atoms with E-state index in [1.165, 1.54) is 6.42 Å². The van der Waals surface area contributed by atoms with E-state index in [4.69, 9.17) is 4.74 Å². The van der Waals surface area contributed by atoms with Crippen LogP contribution in [0.15, 0.2) is 12.4 Å². The molecule has 18 heavy (non-hydrogen) atoms. The third-order valence-electron chi connectivity index (χ3n) is 2.94. The van der Waals surface area contributed by atoms with E-state index in [1.807, 2.05) is 6.07 Å². The van der Waals surface area contributed by atoms with Crippen molar-refractivity contribution in [2.75, 3.05) is 11.9 Å². The minimum absolute atomic E-state index is 0.411. The lowest BCUT2D eigenvalue weighted by molar-refractivity contribution is 0.305. The second kappa shape index (κ2) is 7.90. The molecule has 0 spiro atoms. The Kier molecular flexibility index (Phi) is 6.47. The molecule has 2 atom stereocenters. The van der Waals surface area contributed by atoms with Crippen LogP contribution < -0.4 is 10.1 Å². The fourth-order valence-corrected chi connectivity index (χ4v) is 1.79. The number of hydrogen-bond donors (Lipinski definition) is 1. The fraction of sp³-hybridized carbons (Fsp3) is 0.714. The summed E-state index contributed by atoms with van der Waals surface area (Å²) in [6, 6.07) is 2.27. The van der Waals surface area contributed by atoms with Crippen LogP contribution in [0.4, 0.5) is 5.82 Å². The first kappa shape index (κ1) is 14.7. The predicted octanol–water partition coefficient (Wildman–Crippen LogP) is 3.50. The minimum Gasteiger partial charge on any atom is -0.478 e. The second-order valence-electron chi connectivity index (χ2n) is 4.88. The Morgan fingerprint density at radius 3 is 2.72 bits per heavy atom. The van der Waals surface area contributed by atoms with Crippen LogP contribution in [-0.4, -0.2) is 22.6 Å². The Bertz CT molecular complexity index is 344. The third kappa shape index (κ3) is 5.34. The maximum absolute atomic E-state index is 5.49. The number of nitrogens with one attached hydrogen (secondary N) is 1. The minimum atomic E-state index is 0.411. The Morgan fingerprint density at radius 1 is 1.28 bits per heavy atom. The van der Waals surface area contributed by atoms with Crippen molar-refractivity contribution in [3.05, 3.63) is 12.4 Å². The van der Waals surface area contributed by atoms with E-state index in [2.05, 4.69) is 43.0 Å². The molecule has 0 bridgehead atoms. The van der Waals surface area contributed by atoms with Crippen molar-refractivity contribution in [1.82, 2.24) is 9.97 Å². The van der Waals surface area contributed by atoms with Crippen LogP contribution in [0.25, 0.3) is 0 Å². The molecule has 1 aromatic heterocycles. The van der Waals surface area contributed by atoms with Crippen LogP contribution in [0, 0.1) is 5.92 Å². The first-order chi connectivity index (χ1) is 8.65. The van der Waals surface area contributed by atoms with Gasteiger partial charge in [0.05, 0.1) is 6.61 Å². The normalized spacial score (nSPS) is 14.0. The number of anilines is 1. The Balaban J connectivity index is 2.50. The molecule has 0 aromatic carbocycles. The molecule has 1 heterocycles. The zero-order valence-electron chi connectivity index (χ0n) is 11.9. The summed E-state index contributed by atoms with van der Waals surface area (Å²) in [5, 5.41) is 3.39. The van der Waals surface area contributed by atoms with E-state index in [-0.39, 0.29) is 0 Å². The molecule has 4 nitrogen and oxygen atoms in total. The van der Waals surface area contributed by atoms with Crippen molar-refractivity contribution >= 4 is 5.82 Å². The van der Waals surface area contributed by atoms with Gasteiger partial charge in [-0.1, -0.05) is 27.2 Å². The maximum atomic E-state index is 5.49. The molecule has 0 radical (unpaired) electrons. The van der Waals surface area contributed by atoms with E-state index < -0.39 is 0 Å². The topological polar surface area (TPSA) is 47.0 Å². The quantitative estimate of drug-likeness (QED) is 0.768. The van der Waals surface area contributed by atoms with Crippen LogP contribution in [-0.2, 0) is 0 Å². The van der Waals surface area contributed by atoms with Gasteiger partial charge in [0, 0.05) is 12.1 Å². The van der Waals surface area contributed by atoms with Gasteiger partial charge in [0.2, 0.25) is 5.88 Å². The van der Waals surface area contributed by atoms with Crippen LogP contribution in [0.5, 0.6) is 5.88 Å². The summed E-state index contributed by atoms with van der Waals surface area (Å²) in [5.41, 5.74) is 0. The standard InChI is InChI=1S/C14H25N3O/c1-5-7-18-14-9-13(15-10-16-14)17-12(4)8-11(3)6-2/h9-12H,5-8H2,1-4H3,(H,15,16,17). The van der Waals surface area contributed by atoms with E-state index >= 15 is 0 Å². The highest BCUT2D eigenvalue weighted by molar-refractivity contribution is 5.37. The molecule has 0 saturated heterocycles. The summed E-state index contributed by atoms with van der Waals surface area (Å²) in [7, 11) is 0. The van der Waals surface area contributed by atoms with Gasteiger partial charge in [0.25, 0.3) is 0 Å². The van der Waals surface area contributed by atoms with Gasteiger partial charge in [0.1, 0.15) is 12.1 Å². The zero-order valence-corrected chi connectivity index (χ0v) is 11.9. The lowest BCUT2D eigenvalue weighted by Gasteiger charge is -2.18. The van der Waals surface area contributed by atoms with E-state index in [1.54, 1.807) is 6.33 Å². The maximum Gasteiger partial charge on any atom is 0.218 e. The molecule has 0 aliphatic rings. The lowest BCUT2D eigenvalue weighted by Crippen LogP contribution is -2.19. The first-order valence-corrected chi connectivity index (χ1v) is 6.87. The highest BCUT2D eigenvalue weighted by Gasteiger charge is 2.08. The Hall–Kier alpha value is -1.32. The highest BCUT2D eigenvalue weighted by Crippen LogP contribution is 2.16. The zero-order chi connectivity index (χ0) is 13.4. The molecular formula is C14H25N3O. The second-order valence-corrected chi connectivity index (χ2v) is 4.88. The highest BCUT2D eigenvalue weighted by atomic mass is 16.5. The molecule has 0 saturated carbocycles. The van der Waals surface area contributed by atoms with Gasteiger partial charge < -0.3 is 10.1 Å². The summed E-state index contributed by atoms with van der Waals surface area (Å²) in [4.78, 5) is 8.31. The van der Waals surface area contributed by atoms with Crippen molar-refractivity contribution in [1.29, 1.82) is 0 Å². The average Bonchev–Trinajstić information content (AvgIpc) is 2.36. The van der Waals surface area contributed by atoms with E-state index in [0.717, 1.165) is 24.6 Å². The number of aromatic nitrogens is 2. The molecule has 4 heteroatoms. The number of hydrogen-bond acceptors (Lipinski definition) is 4. The van der Waals surface area contributed by atoms with Gasteiger partial charge in [-0.25, -0.2) is 9.97 Å². The van der Waals surface area contributed by atoms with Gasteiger partial charge in [-0.15, -0.1) is 0 Å². The molecule has 1 rings (SSSR count). The molecule has 1 N–H and O–H groups in total. The number of rotatable bonds is 8. The summed E-state index contributed by atoms with van der Waals surface area (Å²) in [6.07, 6.45) is 4.88. The van der Waals surface area contributed by atoms with E-state index in [9.17, 15) is 0 Å². The van der Waals surface area contributed by atoms with Crippen LogP contribution in [0.3, 0.4) is 0 Å². The van der Waals surface area contributed by atoms with Crippen LogP contribution >= 0.6 is 0 Å². The largest absolute Gasteiger partial charge is 0.478 e. The summed E-state index contributed by atoms with van der Waals surface area (Å²) < 4.78 is 5.49. The SMILES string of the molecule is CCCOc1cc(NC(C)CC(C)CC)ncn1. The molecule has 0 fully saturated rings. The van der Waals surface area contributed by atoms with Gasteiger partial charge in [-0.05, 0) is 25.7 Å². The van der Waals surface area contributed by atoms with Gasteiger partial charge >= 0.3 is 0 Å². The molecular weight excluding hydrogens is 226 g/mol. The summed E-state index contributed by atoms with van der Waals surface area (Å²) >= 11 is 0. The van der Waals surface area contributed by atoms with Gasteiger partial charge in [-0.3, -0.25) is 0 Å². The van der Waals surface area contributed by atoms with Gasteiger partial charge in [0.15, 0.2) is 0 Å². The first-order valence-electron chi connectivity index (χ1n) is 6.87. The molecule has 0 aliphatic carbocycles. The summed E-state index contributed by atoms with van der Waals surface area (Å²) in [5.74, 6) is 2.21. The van der Waals surface area contributed by atoms with Crippen molar-refractivity contribution in [2.24, 2.45) is 5.92 Å². The molecule has 102 valence electrons. The third-order valence-corrected chi connectivity index (χ3v) is 2.94. The average molecular weight is 251 g/mol. The van der Waals surface area contributed by atoms with Crippen molar-refractivity contribution < 1.29 is 4.74 Å². The van der Waals surface area contributed by atoms with Crippen molar-refractivity contribution in [2.45, 2.75) is 53.0 Å². The molecule has 0 amide bonds. The van der Waals surface area contributed by atoms with Crippen LogP contribution in [0.1, 0.15) is 47.0 Å². The predicted molar refractivity (Wildman–Crippen MR) is 75.0 cm³/mol. The summed E-state index contributed by atoms with van der Waals surface area (Å²) in [6.45, 7) is 9.45. The van der Waals surface area contributed by atoms with Crippen molar-refractivity contribution in [3.63, 3.8) is 0 Å². The molecule has 2 unspecified atom stereocenters. The van der Waals surface area contributed by atoms with Crippen LogP contribution in [0.2, 0.25) is 0 Å². The Labute approximate surface area is 110 Å². The van der Waals surface area contributed by atoms with Gasteiger partial charge in [-0.2, -0.15) is 0 Å². The monoisotopic (exact) mass is 251 g/mol. The van der Waals surface area contributed by atoms with Crippen molar-refractivity contribution in [3.8, 4) is 5.88 Å². The number of ether oxygens (including phenoxy) is 1. The lowest BCUT2D eigenvalue weighted by atomic mass is 10.0. The molecule has 0 aliphatic heterocycles. The Morgan fingerprint density at radius 2 is 2.06 bits per heavy atom. The fourth-order valence-electron chi connectivity index (χ4n) is 1.79. The van der Waals surface area contributed by atoms with E-state index in [0.29, 0.717) is 18.5 Å². The smallest absolute Gasteiger partial charge is 0.218 e. The molecule has 1 aromatic rings. The number of nitrogens with zero attached hydrogens (tertiary/aromatic N) is 2.